The first kappa shape index (κ1) is 23.3. The number of anilines is 3. The first-order chi connectivity index (χ1) is 16.9. The lowest BCUT2D eigenvalue weighted by molar-refractivity contribution is 0.202. The Bertz CT molecular complexity index is 1270. The molecule has 182 valence electrons. The molecule has 0 bridgehead atoms. The summed E-state index contributed by atoms with van der Waals surface area (Å²) in [4.78, 5) is 11.6. The van der Waals surface area contributed by atoms with Crippen LogP contribution in [0.2, 0.25) is 0 Å². The Balaban J connectivity index is 1.42. The molecule has 9 nitrogen and oxygen atoms in total. The summed E-state index contributed by atoms with van der Waals surface area (Å²) in [6.45, 7) is 7.69. The van der Waals surface area contributed by atoms with Gasteiger partial charge < -0.3 is 20.6 Å². The zero-order valence-corrected chi connectivity index (χ0v) is 20.5. The van der Waals surface area contributed by atoms with Gasteiger partial charge in [0, 0.05) is 36.3 Å². The molecule has 35 heavy (non-hydrogen) atoms. The number of fused-ring (bicyclic) bond motifs is 1. The SMILES string of the molecule is Cc1cc(Nc2nccc(-c3cc(C#N)c4c(c3)[C@@](C)(CO)CN4)n2)n(CC2CCN(C)CC2)n1. The van der Waals surface area contributed by atoms with E-state index < -0.39 is 5.41 Å². The van der Waals surface area contributed by atoms with E-state index in [1.807, 2.05) is 42.8 Å². The molecule has 4 heterocycles. The van der Waals surface area contributed by atoms with Crippen LogP contribution in [-0.2, 0) is 12.0 Å². The third-order valence-corrected chi connectivity index (χ3v) is 7.28. The molecule has 1 atom stereocenters. The lowest BCUT2D eigenvalue weighted by Crippen LogP contribution is -2.32. The second-order valence-corrected chi connectivity index (χ2v) is 10.1. The van der Waals surface area contributed by atoms with Crippen LogP contribution in [0.4, 0.5) is 17.5 Å². The lowest BCUT2D eigenvalue weighted by atomic mass is 9.83. The van der Waals surface area contributed by atoms with Crippen molar-refractivity contribution < 1.29 is 5.11 Å². The highest BCUT2D eigenvalue weighted by Gasteiger charge is 2.36. The third kappa shape index (κ3) is 4.59. The van der Waals surface area contributed by atoms with Crippen LogP contribution < -0.4 is 10.6 Å². The van der Waals surface area contributed by atoms with E-state index in [0.717, 1.165) is 48.0 Å². The second kappa shape index (κ2) is 9.29. The number of aliphatic hydroxyl groups is 1. The van der Waals surface area contributed by atoms with Gasteiger partial charge in [0.05, 0.1) is 29.2 Å². The summed E-state index contributed by atoms with van der Waals surface area (Å²) < 4.78 is 2.03. The van der Waals surface area contributed by atoms with E-state index in [-0.39, 0.29) is 6.61 Å². The van der Waals surface area contributed by atoms with Crippen LogP contribution >= 0.6 is 0 Å². The number of nitrogens with one attached hydrogen (secondary N) is 2. The minimum atomic E-state index is -0.441. The number of nitrogens with zero attached hydrogens (tertiary/aromatic N) is 6. The number of likely N-dealkylation sites (tertiary alicyclic amines) is 1. The van der Waals surface area contributed by atoms with Gasteiger partial charge in [-0.2, -0.15) is 10.4 Å². The zero-order valence-electron chi connectivity index (χ0n) is 20.5. The van der Waals surface area contributed by atoms with Gasteiger partial charge in [-0.05, 0) is 69.6 Å². The molecule has 0 unspecified atom stereocenters. The molecule has 2 aromatic heterocycles. The van der Waals surface area contributed by atoms with Crippen LogP contribution in [0, 0.1) is 24.2 Å². The van der Waals surface area contributed by atoms with Crippen LogP contribution in [0.15, 0.2) is 30.5 Å². The van der Waals surface area contributed by atoms with Crippen LogP contribution in [0.5, 0.6) is 0 Å². The largest absolute Gasteiger partial charge is 0.395 e. The van der Waals surface area contributed by atoms with E-state index in [1.165, 1.54) is 12.8 Å². The molecular formula is C26H32N8O. The number of rotatable bonds is 6. The first-order valence-electron chi connectivity index (χ1n) is 12.2. The van der Waals surface area contributed by atoms with Gasteiger partial charge >= 0.3 is 0 Å². The molecule has 9 heteroatoms. The molecule has 1 saturated heterocycles. The Labute approximate surface area is 205 Å². The van der Waals surface area contributed by atoms with Crippen molar-refractivity contribution in [2.75, 3.05) is 43.9 Å². The maximum atomic E-state index is 9.99. The molecule has 0 radical (unpaired) electrons. The monoisotopic (exact) mass is 472 g/mol. The molecule has 1 aromatic carbocycles. The van der Waals surface area contributed by atoms with Crippen molar-refractivity contribution >= 4 is 17.5 Å². The fourth-order valence-electron chi connectivity index (χ4n) is 5.03. The Morgan fingerprint density at radius 2 is 2.09 bits per heavy atom. The Morgan fingerprint density at radius 3 is 2.83 bits per heavy atom. The van der Waals surface area contributed by atoms with Gasteiger partial charge in [0.1, 0.15) is 11.9 Å². The minimum Gasteiger partial charge on any atom is -0.395 e. The molecule has 0 spiro atoms. The second-order valence-electron chi connectivity index (χ2n) is 10.1. The van der Waals surface area contributed by atoms with Crippen molar-refractivity contribution in [3.05, 3.63) is 47.3 Å². The predicted octanol–water partition coefficient (Wildman–Crippen LogP) is 3.28. The van der Waals surface area contributed by atoms with Crippen LogP contribution in [0.25, 0.3) is 11.3 Å². The minimum absolute atomic E-state index is 0.00147. The highest BCUT2D eigenvalue weighted by molar-refractivity contribution is 5.76. The third-order valence-electron chi connectivity index (χ3n) is 7.28. The lowest BCUT2D eigenvalue weighted by Gasteiger charge is -2.29. The summed E-state index contributed by atoms with van der Waals surface area (Å²) in [6.07, 6.45) is 4.06. The van der Waals surface area contributed by atoms with E-state index >= 15 is 0 Å². The maximum Gasteiger partial charge on any atom is 0.228 e. The quantitative estimate of drug-likeness (QED) is 0.501. The van der Waals surface area contributed by atoms with E-state index in [0.29, 0.717) is 29.7 Å². The number of aryl methyl sites for hydroxylation is 1. The maximum absolute atomic E-state index is 9.99. The zero-order chi connectivity index (χ0) is 24.6. The fourth-order valence-corrected chi connectivity index (χ4v) is 5.03. The molecule has 0 amide bonds. The number of aromatic nitrogens is 4. The summed E-state index contributed by atoms with van der Waals surface area (Å²) in [5.41, 5.74) is 4.34. The molecule has 1 fully saturated rings. The fraction of sp³-hybridized carbons (Fsp3) is 0.462. The number of hydrogen-bond donors (Lipinski definition) is 3. The number of benzene rings is 1. The Kier molecular flexibility index (Phi) is 6.17. The highest BCUT2D eigenvalue weighted by atomic mass is 16.3. The van der Waals surface area contributed by atoms with Gasteiger partial charge in [0.2, 0.25) is 5.95 Å². The van der Waals surface area contributed by atoms with Crippen LogP contribution in [0.1, 0.15) is 36.6 Å². The van der Waals surface area contributed by atoms with E-state index in [4.69, 9.17) is 10.1 Å². The summed E-state index contributed by atoms with van der Waals surface area (Å²) >= 11 is 0. The molecular weight excluding hydrogens is 440 g/mol. The van der Waals surface area contributed by atoms with Crippen molar-refractivity contribution in [1.29, 1.82) is 5.26 Å². The van der Waals surface area contributed by atoms with Gasteiger partial charge in [0.15, 0.2) is 0 Å². The molecule has 3 N–H and O–H groups in total. The van der Waals surface area contributed by atoms with Crippen molar-refractivity contribution in [2.45, 2.75) is 38.6 Å². The van der Waals surface area contributed by atoms with Crippen molar-refractivity contribution in [3.63, 3.8) is 0 Å². The molecule has 0 aliphatic carbocycles. The first-order valence-corrected chi connectivity index (χ1v) is 12.2. The van der Waals surface area contributed by atoms with E-state index in [9.17, 15) is 10.4 Å². The standard InChI is InChI=1S/C26H32N8O/c1-17-10-23(34(32-17)14-18-5-8-33(3)9-6-18)31-25-28-7-4-22(30-25)19-11-20(13-27)24-21(12-19)26(2,16-35)15-29-24/h4,7,10-12,18,29,35H,5-6,8-9,14-16H2,1-3H3,(H,28,30,31)/t26-/m1/s1. The number of piperidine rings is 1. The molecule has 0 saturated carbocycles. The van der Waals surface area contributed by atoms with Crippen molar-refractivity contribution in [2.24, 2.45) is 5.92 Å². The van der Waals surface area contributed by atoms with Crippen LogP contribution in [-0.4, -0.2) is 63.0 Å². The average Bonchev–Trinajstić information content (AvgIpc) is 3.39. The smallest absolute Gasteiger partial charge is 0.228 e. The molecule has 3 aromatic rings. The predicted molar refractivity (Wildman–Crippen MR) is 136 cm³/mol. The van der Waals surface area contributed by atoms with Gasteiger partial charge in [-0.15, -0.1) is 0 Å². The van der Waals surface area contributed by atoms with Crippen molar-refractivity contribution in [3.8, 4) is 17.3 Å². The van der Waals surface area contributed by atoms with Crippen molar-refractivity contribution in [1.82, 2.24) is 24.6 Å². The summed E-state index contributed by atoms with van der Waals surface area (Å²) in [6, 6.07) is 10.0. The number of hydrogen-bond acceptors (Lipinski definition) is 8. The molecule has 5 rings (SSSR count). The molecule has 2 aliphatic rings. The van der Waals surface area contributed by atoms with Crippen LogP contribution in [0.3, 0.4) is 0 Å². The van der Waals surface area contributed by atoms with Gasteiger partial charge in [-0.3, -0.25) is 0 Å². The number of nitriles is 1. The molecule has 2 aliphatic heterocycles. The Hall–Kier alpha value is -3.48. The average molecular weight is 473 g/mol. The van der Waals surface area contributed by atoms with E-state index in [1.54, 1.807) is 6.20 Å². The van der Waals surface area contributed by atoms with Gasteiger partial charge in [0.25, 0.3) is 0 Å². The normalized spacial score (nSPS) is 20.3. The summed E-state index contributed by atoms with van der Waals surface area (Å²) in [5, 5.41) is 31.1. The Morgan fingerprint density at radius 1 is 1.29 bits per heavy atom. The topological polar surface area (TPSA) is 115 Å². The van der Waals surface area contributed by atoms with Gasteiger partial charge in [-0.1, -0.05) is 6.92 Å². The number of aliphatic hydroxyl groups excluding tert-OH is 1. The summed E-state index contributed by atoms with van der Waals surface area (Å²) in [5.74, 6) is 1.96. The van der Waals surface area contributed by atoms with Gasteiger partial charge in [-0.25, -0.2) is 14.6 Å². The highest BCUT2D eigenvalue weighted by Crippen LogP contribution is 2.41. The van der Waals surface area contributed by atoms with E-state index in [2.05, 4.69) is 33.6 Å². The summed E-state index contributed by atoms with van der Waals surface area (Å²) in [7, 11) is 2.17.